The zero-order chi connectivity index (χ0) is 23.5. The van der Waals surface area contributed by atoms with Gasteiger partial charge in [0.25, 0.3) is 5.56 Å². The number of fused-ring (bicyclic) bond motifs is 1. The number of amides is 2. The van der Waals surface area contributed by atoms with Crippen molar-refractivity contribution < 1.29 is 19.1 Å². The van der Waals surface area contributed by atoms with Gasteiger partial charge in [0.05, 0.1) is 31.4 Å². The maximum atomic E-state index is 13.1. The van der Waals surface area contributed by atoms with Crippen LogP contribution in [0.1, 0.15) is 23.5 Å². The van der Waals surface area contributed by atoms with Gasteiger partial charge in [-0.15, -0.1) is 0 Å². The Balaban J connectivity index is 1.65. The van der Waals surface area contributed by atoms with Crippen LogP contribution in [0.4, 0.5) is 23.1 Å². The van der Waals surface area contributed by atoms with E-state index in [9.17, 15) is 14.4 Å². The average molecular weight is 449 g/mol. The van der Waals surface area contributed by atoms with Gasteiger partial charge in [-0.25, -0.2) is 0 Å². The summed E-state index contributed by atoms with van der Waals surface area (Å²) < 4.78 is 10.5. The molecule has 0 radical (unpaired) electrons. The third-order valence-corrected chi connectivity index (χ3v) is 5.33. The van der Waals surface area contributed by atoms with Crippen LogP contribution in [-0.2, 0) is 9.59 Å². The highest BCUT2D eigenvalue weighted by molar-refractivity contribution is 6.04. The minimum absolute atomic E-state index is 0.0370. The highest BCUT2D eigenvalue weighted by atomic mass is 16.5. The van der Waals surface area contributed by atoms with Crippen LogP contribution >= 0.6 is 0 Å². The van der Waals surface area contributed by atoms with E-state index in [1.807, 2.05) is 6.92 Å². The van der Waals surface area contributed by atoms with Gasteiger partial charge < -0.3 is 25.4 Å². The van der Waals surface area contributed by atoms with Crippen LogP contribution in [-0.4, -0.2) is 36.0 Å². The first-order chi connectivity index (χ1) is 15.9. The van der Waals surface area contributed by atoms with Crippen molar-refractivity contribution in [1.29, 1.82) is 0 Å². The Morgan fingerprint density at radius 3 is 2.64 bits per heavy atom. The number of hydrogen-bond acceptors (Lipinski definition) is 7. The van der Waals surface area contributed by atoms with Gasteiger partial charge in [-0.2, -0.15) is 4.98 Å². The maximum Gasteiger partial charge on any atom is 0.258 e. The molecule has 4 N–H and O–H groups in total. The standard InChI is InChI=1S/C23H23N5O5/c1-12-8-9-13(32-2)10-16(12)24-21(30)14-11-18(29)26-20-19(14)22(31)28-23(27-20)25-15-6-4-5-7-17(15)33-3/h4-10,14H,11H2,1-3H3,(H,24,30)(H3,25,26,27,28,29,31)/t14-/m0/s1. The number of H-pyrrole nitrogens is 1. The molecule has 0 unspecified atom stereocenters. The number of aromatic nitrogens is 2. The number of para-hydroxylation sites is 2. The van der Waals surface area contributed by atoms with Crippen molar-refractivity contribution in [2.24, 2.45) is 0 Å². The van der Waals surface area contributed by atoms with Gasteiger partial charge in [-0.1, -0.05) is 18.2 Å². The summed E-state index contributed by atoms with van der Waals surface area (Å²) in [5.74, 6) is -0.636. The van der Waals surface area contributed by atoms with Gasteiger partial charge in [0.15, 0.2) is 0 Å². The Morgan fingerprint density at radius 2 is 1.88 bits per heavy atom. The van der Waals surface area contributed by atoms with Gasteiger partial charge in [0.1, 0.15) is 17.3 Å². The Kier molecular flexibility index (Phi) is 5.99. The number of methoxy groups -OCH3 is 2. The Bertz CT molecular complexity index is 1290. The second-order valence-electron chi connectivity index (χ2n) is 7.48. The lowest BCUT2D eigenvalue weighted by Crippen LogP contribution is -2.36. The quantitative estimate of drug-likeness (QED) is 0.454. The molecule has 1 aliphatic heterocycles. The van der Waals surface area contributed by atoms with E-state index in [2.05, 4.69) is 25.9 Å². The molecule has 2 amide bonds. The van der Waals surface area contributed by atoms with Crippen molar-refractivity contribution in [2.45, 2.75) is 19.3 Å². The summed E-state index contributed by atoms with van der Waals surface area (Å²) in [6.45, 7) is 1.83. The molecule has 1 aromatic heterocycles. The fraction of sp³-hybridized carbons (Fsp3) is 0.217. The number of nitrogens with zero attached hydrogens (tertiary/aromatic N) is 1. The molecule has 10 heteroatoms. The molecule has 3 aromatic rings. The molecule has 2 aromatic carbocycles. The minimum atomic E-state index is -1.00. The van der Waals surface area contributed by atoms with E-state index in [0.29, 0.717) is 22.9 Å². The van der Waals surface area contributed by atoms with Crippen LogP contribution in [0, 0.1) is 6.92 Å². The van der Waals surface area contributed by atoms with E-state index in [0.717, 1.165) is 5.56 Å². The predicted octanol–water partition coefficient (Wildman–Crippen LogP) is 2.90. The summed E-state index contributed by atoms with van der Waals surface area (Å²) >= 11 is 0. The van der Waals surface area contributed by atoms with Gasteiger partial charge in [-0.05, 0) is 30.7 Å². The number of carbonyl (C=O) groups excluding carboxylic acids is 2. The Labute approximate surface area is 189 Å². The molecule has 33 heavy (non-hydrogen) atoms. The number of benzene rings is 2. The first-order valence-corrected chi connectivity index (χ1v) is 10.2. The maximum absolute atomic E-state index is 13.1. The van der Waals surface area contributed by atoms with E-state index in [-0.39, 0.29) is 23.8 Å². The molecule has 0 bridgehead atoms. The van der Waals surface area contributed by atoms with Crippen LogP contribution in [0.5, 0.6) is 11.5 Å². The summed E-state index contributed by atoms with van der Waals surface area (Å²) in [6.07, 6.45) is -0.175. The van der Waals surface area contributed by atoms with Gasteiger partial charge in [0.2, 0.25) is 17.8 Å². The van der Waals surface area contributed by atoms with E-state index in [1.54, 1.807) is 42.5 Å². The molecule has 4 rings (SSSR count). The third-order valence-electron chi connectivity index (χ3n) is 5.33. The van der Waals surface area contributed by atoms with Crippen molar-refractivity contribution in [1.82, 2.24) is 9.97 Å². The number of rotatable bonds is 6. The fourth-order valence-corrected chi connectivity index (χ4v) is 3.61. The van der Waals surface area contributed by atoms with Gasteiger partial charge in [-0.3, -0.25) is 19.4 Å². The van der Waals surface area contributed by atoms with Crippen LogP contribution in [0.25, 0.3) is 0 Å². The van der Waals surface area contributed by atoms with Gasteiger partial charge in [0, 0.05) is 18.2 Å². The monoisotopic (exact) mass is 449 g/mol. The van der Waals surface area contributed by atoms with Crippen molar-refractivity contribution in [2.75, 3.05) is 30.2 Å². The van der Waals surface area contributed by atoms with Crippen LogP contribution in [0.3, 0.4) is 0 Å². The number of carbonyl (C=O) groups is 2. The lowest BCUT2D eigenvalue weighted by atomic mass is 9.92. The number of hydrogen-bond donors (Lipinski definition) is 4. The number of nitrogens with one attached hydrogen (secondary N) is 4. The number of aromatic amines is 1. The molecule has 10 nitrogen and oxygen atoms in total. The van der Waals surface area contributed by atoms with Crippen molar-refractivity contribution in [3.63, 3.8) is 0 Å². The molecule has 170 valence electrons. The first-order valence-electron chi connectivity index (χ1n) is 10.2. The molecule has 0 saturated heterocycles. The van der Waals surface area contributed by atoms with E-state index in [1.165, 1.54) is 14.2 Å². The smallest absolute Gasteiger partial charge is 0.258 e. The summed E-state index contributed by atoms with van der Waals surface area (Å²) in [5.41, 5.74) is 1.49. The molecule has 2 heterocycles. The largest absolute Gasteiger partial charge is 0.497 e. The minimum Gasteiger partial charge on any atom is -0.497 e. The molecular formula is C23H23N5O5. The predicted molar refractivity (Wildman–Crippen MR) is 123 cm³/mol. The molecule has 1 aliphatic rings. The first kappa shape index (κ1) is 21.9. The summed E-state index contributed by atoms with van der Waals surface area (Å²) in [4.78, 5) is 45.4. The normalized spacial score (nSPS) is 14.6. The van der Waals surface area contributed by atoms with Crippen molar-refractivity contribution in [3.8, 4) is 11.5 Å². The van der Waals surface area contributed by atoms with E-state index < -0.39 is 23.3 Å². The highest BCUT2D eigenvalue weighted by Gasteiger charge is 2.35. The zero-order valence-electron chi connectivity index (χ0n) is 18.3. The van der Waals surface area contributed by atoms with Crippen LogP contribution in [0.15, 0.2) is 47.3 Å². The van der Waals surface area contributed by atoms with Crippen LogP contribution < -0.4 is 31.0 Å². The molecular weight excluding hydrogens is 426 g/mol. The topological polar surface area (TPSA) is 134 Å². The van der Waals surface area contributed by atoms with Crippen LogP contribution in [0.2, 0.25) is 0 Å². The second kappa shape index (κ2) is 9.03. The molecule has 1 atom stereocenters. The van der Waals surface area contributed by atoms with Crippen molar-refractivity contribution >= 4 is 35.0 Å². The Hall–Kier alpha value is -4.34. The number of aryl methyl sites for hydroxylation is 1. The zero-order valence-corrected chi connectivity index (χ0v) is 18.3. The van der Waals surface area contributed by atoms with E-state index >= 15 is 0 Å². The number of ether oxygens (including phenoxy) is 2. The lowest BCUT2D eigenvalue weighted by Gasteiger charge is -2.24. The molecule has 0 fully saturated rings. The Morgan fingerprint density at radius 1 is 1.09 bits per heavy atom. The highest BCUT2D eigenvalue weighted by Crippen LogP contribution is 2.32. The molecule has 0 spiro atoms. The summed E-state index contributed by atoms with van der Waals surface area (Å²) in [5, 5.41) is 8.37. The SMILES string of the molecule is COc1ccc(C)c(NC(=O)[C@H]2CC(=O)Nc3nc(Nc4ccccc4OC)[nH]c(=O)c32)c1. The summed E-state index contributed by atoms with van der Waals surface area (Å²) in [7, 11) is 3.05. The fourth-order valence-electron chi connectivity index (χ4n) is 3.61. The van der Waals surface area contributed by atoms with Gasteiger partial charge >= 0.3 is 0 Å². The van der Waals surface area contributed by atoms with E-state index in [4.69, 9.17) is 9.47 Å². The third kappa shape index (κ3) is 4.49. The second-order valence-corrected chi connectivity index (χ2v) is 7.48. The lowest BCUT2D eigenvalue weighted by molar-refractivity contribution is -0.123. The van der Waals surface area contributed by atoms with Crippen molar-refractivity contribution in [3.05, 3.63) is 63.9 Å². The number of anilines is 4. The molecule has 0 saturated carbocycles. The molecule has 0 aliphatic carbocycles. The summed E-state index contributed by atoms with van der Waals surface area (Å²) in [6, 6.07) is 12.4. The average Bonchev–Trinajstić information content (AvgIpc) is 2.80.